The fourth-order valence-electron chi connectivity index (χ4n) is 0.775. The van der Waals surface area contributed by atoms with Crippen LogP contribution in [-0.4, -0.2) is 38.7 Å². The second-order valence-corrected chi connectivity index (χ2v) is 2.76. The summed E-state index contributed by atoms with van der Waals surface area (Å²) in [7, 11) is 0. The summed E-state index contributed by atoms with van der Waals surface area (Å²) in [6, 6.07) is 9.30. The SMILES string of the molecule is OC(=S)n1cccc1.[LiH].c1ccncc1. The molecule has 0 aromatic carbocycles. The van der Waals surface area contributed by atoms with E-state index in [2.05, 4.69) is 17.2 Å². The number of hydrogen-bond acceptors (Lipinski definition) is 2. The van der Waals surface area contributed by atoms with Crippen LogP contribution in [0.1, 0.15) is 0 Å². The molecule has 2 rings (SSSR count). The molecule has 0 bridgehead atoms. The third kappa shape index (κ3) is 6.08. The molecule has 5 heteroatoms. The maximum Gasteiger partial charge on any atom is 0.0267 e. The van der Waals surface area contributed by atoms with Crippen molar-refractivity contribution in [1.82, 2.24) is 9.55 Å². The van der Waals surface area contributed by atoms with E-state index in [0.29, 0.717) is 0 Å². The van der Waals surface area contributed by atoms with Crippen LogP contribution in [0.2, 0.25) is 0 Å². The molecular formula is C10H11LiN2OS. The van der Waals surface area contributed by atoms with Crippen molar-refractivity contribution in [1.29, 1.82) is 0 Å². The fraction of sp³-hybridized carbons (Fsp3) is 0. The zero-order valence-corrected chi connectivity index (χ0v) is 8.26. The van der Waals surface area contributed by atoms with E-state index in [9.17, 15) is 0 Å². The van der Waals surface area contributed by atoms with E-state index in [1.54, 1.807) is 36.9 Å². The Labute approximate surface area is 106 Å². The van der Waals surface area contributed by atoms with Gasteiger partial charge < -0.3 is 5.11 Å². The van der Waals surface area contributed by atoms with Crippen LogP contribution in [0.15, 0.2) is 55.1 Å². The van der Waals surface area contributed by atoms with Crippen molar-refractivity contribution in [3.63, 3.8) is 0 Å². The normalized spacial score (nSPS) is 8.00. The molecule has 0 spiro atoms. The van der Waals surface area contributed by atoms with Gasteiger partial charge in [0.05, 0.1) is 0 Å². The number of aromatic nitrogens is 2. The van der Waals surface area contributed by atoms with Crippen LogP contribution in [0.5, 0.6) is 0 Å². The second kappa shape index (κ2) is 8.24. The van der Waals surface area contributed by atoms with Gasteiger partial charge in [-0.1, -0.05) is 6.07 Å². The number of aliphatic hydroxyl groups excluding tert-OH is 1. The smallest absolute Gasteiger partial charge is 0.0267 e. The summed E-state index contributed by atoms with van der Waals surface area (Å²) in [5, 5.41) is 8.49. The summed E-state index contributed by atoms with van der Waals surface area (Å²) < 4.78 is 1.45. The third-order valence-corrected chi connectivity index (χ3v) is 1.60. The predicted octanol–water partition coefficient (Wildman–Crippen LogP) is 1.61. The van der Waals surface area contributed by atoms with Crippen molar-refractivity contribution >= 4 is 36.3 Å². The summed E-state index contributed by atoms with van der Waals surface area (Å²) in [4.78, 5) is 3.78. The van der Waals surface area contributed by atoms with Crippen molar-refractivity contribution in [3.05, 3.63) is 55.1 Å². The first-order valence-electron chi connectivity index (χ1n) is 4.02. The molecule has 2 heterocycles. The van der Waals surface area contributed by atoms with Crippen molar-refractivity contribution in [2.45, 2.75) is 0 Å². The first kappa shape index (κ1) is 13.9. The molecule has 0 unspecified atom stereocenters. The van der Waals surface area contributed by atoms with Gasteiger partial charge >= 0.3 is 18.9 Å². The van der Waals surface area contributed by atoms with Gasteiger partial charge in [-0.3, -0.25) is 9.55 Å². The topological polar surface area (TPSA) is 38.0 Å². The first-order valence-corrected chi connectivity index (χ1v) is 4.43. The van der Waals surface area contributed by atoms with Crippen LogP contribution < -0.4 is 0 Å². The minimum absolute atomic E-state index is 0. The summed E-state index contributed by atoms with van der Waals surface area (Å²) >= 11 is 4.43. The number of nitrogens with zero attached hydrogens (tertiary/aromatic N) is 2. The van der Waals surface area contributed by atoms with E-state index in [1.165, 1.54) is 4.57 Å². The van der Waals surface area contributed by atoms with E-state index in [-0.39, 0.29) is 24.0 Å². The zero-order chi connectivity index (χ0) is 10.2. The summed E-state index contributed by atoms with van der Waals surface area (Å²) in [6.45, 7) is 0. The zero-order valence-electron chi connectivity index (χ0n) is 7.45. The third-order valence-electron chi connectivity index (χ3n) is 1.39. The molecule has 74 valence electrons. The van der Waals surface area contributed by atoms with Crippen LogP contribution in [0.25, 0.3) is 0 Å². The maximum atomic E-state index is 8.61. The van der Waals surface area contributed by atoms with Gasteiger partial charge in [-0.05, 0) is 36.5 Å². The van der Waals surface area contributed by atoms with Crippen LogP contribution in [0.3, 0.4) is 0 Å². The molecular weight excluding hydrogens is 203 g/mol. The Hall–Kier alpha value is -1.08. The van der Waals surface area contributed by atoms with Gasteiger partial charge in [-0.2, -0.15) is 0 Å². The van der Waals surface area contributed by atoms with Crippen molar-refractivity contribution in [2.75, 3.05) is 0 Å². The van der Waals surface area contributed by atoms with E-state index in [4.69, 9.17) is 5.11 Å². The molecule has 2 aromatic heterocycles. The monoisotopic (exact) mass is 214 g/mol. The Morgan fingerprint density at radius 2 is 1.53 bits per heavy atom. The van der Waals surface area contributed by atoms with Crippen molar-refractivity contribution in [2.24, 2.45) is 0 Å². The van der Waals surface area contributed by atoms with Gasteiger partial charge in [0, 0.05) is 24.8 Å². The summed E-state index contributed by atoms with van der Waals surface area (Å²) in [6.07, 6.45) is 6.87. The molecule has 0 fully saturated rings. The van der Waals surface area contributed by atoms with Crippen molar-refractivity contribution < 1.29 is 5.11 Å². The molecule has 0 aliphatic heterocycles. The second-order valence-electron chi connectivity index (χ2n) is 2.40. The Kier molecular flexibility index (Phi) is 7.65. The first-order chi connectivity index (χ1) is 6.80. The standard InChI is InChI=1S/C5H5NOS.C5H5N.Li.H/c7-5(8)6-3-1-2-4-6;1-2-4-6-5-3-1;;/h1-4H,(H,7,8);1-5H;;. The molecule has 0 saturated carbocycles. The molecule has 2 aromatic rings. The maximum absolute atomic E-state index is 8.61. The number of hydrogen-bond donors (Lipinski definition) is 1. The van der Waals surface area contributed by atoms with Gasteiger partial charge in [0.25, 0.3) is 5.17 Å². The van der Waals surface area contributed by atoms with Crippen LogP contribution in [0, 0.1) is 0 Å². The molecule has 1 N–H and O–H groups in total. The Morgan fingerprint density at radius 1 is 1.00 bits per heavy atom. The van der Waals surface area contributed by atoms with Crippen LogP contribution >= 0.6 is 12.2 Å². The fourth-order valence-corrected chi connectivity index (χ4v) is 0.896. The van der Waals surface area contributed by atoms with E-state index >= 15 is 0 Å². The molecule has 15 heavy (non-hydrogen) atoms. The largest absolute Gasteiger partial charge is 0.265 e. The number of thiocarbonyl (C=S) groups is 1. The molecule has 0 aliphatic carbocycles. The minimum atomic E-state index is -0.116. The quantitative estimate of drug-likeness (QED) is 0.535. The molecule has 0 aliphatic rings. The van der Waals surface area contributed by atoms with Crippen molar-refractivity contribution in [3.8, 4) is 0 Å². The number of rotatable bonds is 0. The summed E-state index contributed by atoms with van der Waals surface area (Å²) in [5.74, 6) is 0. The summed E-state index contributed by atoms with van der Waals surface area (Å²) in [5.41, 5.74) is 0. The molecule has 3 nitrogen and oxygen atoms in total. The molecule has 0 amide bonds. The van der Waals surface area contributed by atoms with E-state index in [0.717, 1.165) is 0 Å². The Balaban J connectivity index is 0.000000253. The Morgan fingerprint density at radius 3 is 1.73 bits per heavy atom. The van der Waals surface area contributed by atoms with Crippen LogP contribution in [-0.2, 0) is 0 Å². The minimum Gasteiger partial charge on any atom is -0.265 e. The average Bonchev–Trinajstić information content (AvgIpc) is 2.74. The number of pyridine rings is 1. The van der Waals surface area contributed by atoms with Gasteiger partial charge in [0.2, 0.25) is 0 Å². The van der Waals surface area contributed by atoms with E-state index in [1.807, 2.05) is 18.2 Å². The van der Waals surface area contributed by atoms with Gasteiger partial charge in [-0.25, -0.2) is 0 Å². The van der Waals surface area contributed by atoms with Gasteiger partial charge in [-0.15, -0.1) is 0 Å². The van der Waals surface area contributed by atoms with E-state index < -0.39 is 0 Å². The molecule has 0 saturated heterocycles. The molecule has 0 radical (unpaired) electrons. The average molecular weight is 214 g/mol. The predicted molar refractivity (Wildman–Crippen MR) is 66.4 cm³/mol. The number of aliphatic hydroxyl groups is 1. The van der Waals surface area contributed by atoms with Crippen LogP contribution in [0.4, 0.5) is 0 Å². The Bertz CT molecular complexity index is 337. The molecule has 0 atom stereocenters. The van der Waals surface area contributed by atoms with Gasteiger partial charge in [0.1, 0.15) is 0 Å². The van der Waals surface area contributed by atoms with Gasteiger partial charge in [0.15, 0.2) is 0 Å².